The summed E-state index contributed by atoms with van der Waals surface area (Å²) in [6.45, 7) is 4.07. The Morgan fingerprint density at radius 1 is 1.38 bits per heavy atom. The molecule has 0 bridgehead atoms. The average Bonchev–Trinajstić information content (AvgIpc) is 2.68. The quantitative estimate of drug-likeness (QED) is 0.756. The predicted molar refractivity (Wildman–Crippen MR) is 68.3 cm³/mol. The van der Waals surface area contributed by atoms with Gasteiger partial charge in [-0.2, -0.15) is 11.8 Å². The van der Waals surface area contributed by atoms with Gasteiger partial charge >= 0.3 is 0 Å². The highest BCUT2D eigenvalue weighted by Crippen LogP contribution is 2.21. The van der Waals surface area contributed by atoms with Crippen molar-refractivity contribution in [2.45, 2.75) is 13.8 Å². The zero-order chi connectivity index (χ0) is 11.5. The Balaban J connectivity index is 2.28. The molecule has 0 saturated heterocycles. The second-order valence-electron chi connectivity index (χ2n) is 3.71. The summed E-state index contributed by atoms with van der Waals surface area (Å²) < 4.78 is 5.52. The monoisotopic (exact) mass is 234 g/mol. The van der Waals surface area contributed by atoms with Gasteiger partial charge in [0.2, 0.25) is 5.78 Å². The van der Waals surface area contributed by atoms with Gasteiger partial charge in [-0.3, -0.25) is 4.79 Å². The van der Waals surface area contributed by atoms with Gasteiger partial charge in [0.05, 0.1) is 5.75 Å². The Morgan fingerprint density at radius 3 is 2.94 bits per heavy atom. The first-order valence-corrected chi connectivity index (χ1v) is 6.47. The second-order valence-corrected chi connectivity index (χ2v) is 4.99. The van der Waals surface area contributed by atoms with E-state index in [1.54, 1.807) is 11.8 Å². The molecule has 0 amide bonds. The molecule has 0 fully saturated rings. The molecule has 2 nitrogen and oxygen atoms in total. The fraction of sp³-hybridized carbons (Fsp3) is 0.308. The number of hydrogen-bond acceptors (Lipinski definition) is 3. The lowest BCUT2D eigenvalue weighted by Crippen LogP contribution is -2.00. The number of aryl methyl sites for hydroxylation is 1. The topological polar surface area (TPSA) is 30.2 Å². The number of fused-ring (bicyclic) bond motifs is 1. The molecule has 1 aromatic heterocycles. The summed E-state index contributed by atoms with van der Waals surface area (Å²) in [5.41, 5.74) is 1.96. The van der Waals surface area contributed by atoms with Crippen molar-refractivity contribution < 1.29 is 9.21 Å². The predicted octanol–water partition coefficient (Wildman–Crippen LogP) is 3.68. The highest BCUT2D eigenvalue weighted by atomic mass is 32.2. The maximum absolute atomic E-state index is 11.7. The zero-order valence-corrected chi connectivity index (χ0v) is 10.3. The lowest BCUT2D eigenvalue weighted by atomic mass is 10.2. The Kier molecular flexibility index (Phi) is 3.34. The summed E-state index contributed by atoms with van der Waals surface area (Å²) in [5, 5.41) is 1.00. The van der Waals surface area contributed by atoms with Gasteiger partial charge in [0.1, 0.15) is 5.58 Å². The molecule has 1 heterocycles. The van der Waals surface area contributed by atoms with Crippen LogP contribution in [0.15, 0.2) is 28.7 Å². The van der Waals surface area contributed by atoms with E-state index < -0.39 is 0 Å². The molecular formula is C13H14O2S. The number of carbonyl (C=O) groups is 1. The minimum atomic E-state index is 0.0701. The molecule has 0 spiro atoms. The molecule has 0 saturated carbocycles. The number of ketones is 1. The summed E-state index contributed by atoms with van der Waals surface area (Å²) in [6, 6.07) is 7.76. The Bertz CT molecular complexity index is 514. The largest absolute Gasteiger partial charge is 0.453 e. The highest BCUT2D eigenvalue weighted by Gasteiger charge is 2.11. The van der Waals surface area contributed by atoms with Crippen LogP contribution in [0.4, 0.5) is 0 Å². The first kappa shape index (κ1) is 11.3. The molecule has 2 rings (SSSR count). The van der Waals surface area contributed by atoms with Gasteiger partial charge < -0.3 is 4.42 Å². The van der Waals surface area contributed by atoms with Crippen LogP contribution in [-0.2, 0) is 0 Å². The van der Waals surface area contributed by atoms with E-state index in [9.17, 15) is 4.79 Å². The van der Waals surface area contributed by atoms with Crippen LogP contribution in [0.5, 0.6) is 0 Å². The molecule has 16 heavy (non-hydrogen) atoms. The van der Waals surface area contributed by atoms with Crippen molar-refractivity contribution in [3.05, 3.63) is 35.6 Å². The molecule has 0 aliphatic rings. The normalized spacial score (nSPS) is 10.9. The van der Waals surface area contributed by atoms with Crippen LogP contribution < -0.4 is 0 Å². The van der Waals surface area contributed by atoms with Crippen molar-refractivity contribution in [2.75, 3.05) is 11.5 Å². The van der Waals surface area contributed by atoms with E-state index in [1.807, 2.05) is 38.1 Å². The third-order valence-electron chi connectivity index (χ3n) is 2.38. The molecule has 0 unspecified atom stereocenters. The van der Waals surface area contributed by atoms with E-state index in [-0.39, 0.29) is 5.78 Å². The third-order valence-corrected chi connectivity index (χ3v) is 3.26. The van der Waals surface area contributed by atoms with E-state index in [1.165, 1.54) is 5.56 Å². The minimum Gasteiger partial charge on any atom is -0.453 e. The highest BCUT2D eigenvalue weighted by molar-refractivity contribution is 7.99. The molecular weight excluding hydrogens is 220 g/mol. The third kappa shape index (κ3) is 2.30. The van der Waals surface area contributed by atoms with Crippen molar-refractivity contribution in [3.8, 4) is 0 Å². The van der Waals surface area contributed by atoms with Crippen LogP contribution in [0.1, 0.15) is 23.0 Å². The minimum absolute atomic E-state index is 0.0701. The van der Waals surface area contributed by atoms with Gasteiger partial charge in [0.15, 0.2) is 5.76 Å². The van der Waals surface area contributed by atoms with Crippen LogP contribution in [-0.4, -0.2) is 17.3 Å². The number of hydrogen-bond donors (Lipinski definition) is 0. The molecule has 0 atom stereocenters. The van der Waals surface area contributed by atoms with Crippen molar-refractivity contribution in [1.82, 2.24) is 0 Å². The molecule has 3 heteroatoms. The van der Waals surface area contributed by atoms with Gasteiger partial charge in [-0.15, -0.1) is 0 Å². The Hall–Kier alpha value is -1.22. The van der Waals surface area contributed by atoms with E-state index in [0.29, 0.717) is 11.5 Å². The smallest absolute Gasteiger partial charge is 0.207 e. The number of carbonyl (C=O) groups excluding carboxylic acids is 1. The van der Waals surface area contributed by atoms with Gasteiger partial charge in [0, 0.05) is 5.39 Å². The van der Waals surface area contributed by atoms with E-state index in [2.05, 4.69) is 0 Å². The maximum atomic E-state index is 11.7. The summed E-state index contributed by atoms with van der Waals surface area (Å²) in [6.07, 6.45) is 0. The average molecular weight is 234 g/mol. The first-order chi connectivity index (χ1) is 7.70. The van der Waals surface area contributed by atoms with E-state index in [0.717, 1.165) is 16.7 Å². The SMILES string of the molecule is CCSCC(=O)c1cc2cc(C)ccc2o1. The number of benzene rings is 1. The summed E-state index contributed by atoms with van der Waals surface area (Å²) in [7, 11) is 0. The number of thioether (sulfide) groups is 1. The second kappa shape index (κ2) is 4.74. The van der Waals surface area contributed by atoms with Crippen LogP contribution >= 0.6 is 11.8 Å². The molecule has 2 aromatic rings. The molecule has 84 valence electrons. The lowest BCUT2D eigenvalue weighted by Gasteiger charge is -1.93. The van der Waals surface area contributed by atoms with E-state index >= 15 is 0 Å². The van der Waals surface area contributed by atoms with Crippen molar-refractivity contribution >= 4 is 28.5 Å². The fourth-order valence-corrected chi connectivity index (χ4v) is 2.10. The number of Topliss-reactive ketones (excluding diaryl/α,β-unsaturated/α-hetero) is 1. The lowest BCUT2D eigenvalue weighted by molar-refractivity contribution is 0.0994. The van der Waals surface area contributed by atoms with Crippen LogP contribution in [0, 0.1) is 6.92 Å². The molecule has 0 N–H and O–H groups in total. The maximum Gasteiger partial charge on any atom is 0.207 e. The summed E-state index contributed by atoms with van der Waals surface area (Å²) in [4.78, 5) is 11.7. The summed E-state index contributed by atoms with van der Waals surface area (Å²) >= 11 is 1.61. The molecule has 1 aromatic carbocycles. The van der Waals surface area contributed by atoms with Gasteiger partial charge in [-0.05, 0) is 30.9 Å². The fourth-order valence-electron chi connectivity index (χ4n) is 1.57. The molecule has 0 radical (unpaired) electrons. The molecule has 0 aliphatic heterocycles. The van der Waals surface area contributed by atoms with Crippen molar-refractivity contribution in [2.24, 2.45) is 0 Å². The number of rotatable bonds is 4. The first-order valence-electron chi connectivity index (χ1n) is 5.32. The van der Waals surface area contributed by atoms with Gasteiger partial charge in [0.25, 0.3) is 0 Å². The van der Waals surface area contributed by atoms with Gasteiger partial charge in [-0.1, -0.05) is 18.6 Å². The van der Waals surface area contributed by atoms with Gasteiger partial charge in [-0.25, -0.2) is 0 Å². The zero-order valence-electron chi connectivity index (χ0n) is 9.45. The van der Waals surface area contributed by atoms with Crippen LogP contribution in [0.3, 0.4) is 0 Å². The van der Waals surface area contributed by atoms with Crippen LogP contribution in [0.25, 0.3) is 11.0 Å². The summed E-state index contributed by atoms with van der Waals surface area (Å²) in [5.74, 6) is 1.99. The standard InChI is InChI=1S/C13H14O2S/c1-3-16-8-11(14)13-7-10-6-9(2)4-5-12(10)15-13/h4-7H,3,8H2,1-2H3. The van der Waals surface area contributed by atoms with Crippen molar-refractivity contribution in [1.29, 1.82) is 0 Å². The van der Waals surface area contributed by atoms with Crippen molar-refractivity contribution in [3.63, 3.8) is 0 Å². The van der Waals surface area contributed by atoms with Crippen LogP contribution in [0.2, 0.25) is 0 Å². The number of furan rings is 1. The van der Waals surface area contributed by atoms with E-state index in [4.69, 9.17) is 4.42 Å². The Labute approximate surface area is 99.0 Å². The Morgan fingerprint density at radius 2 is 2.19 bits per heavy atom. The molecule has 0 aliphatic carbocycles.